The Balaban J connectivity index is 2.77. The highest BCUT2D eigenvalue weighted by molar-refractivity contribution is 7.80. The van der Waals surface area contributed by atoms with E-state index in [2.05, 4.69) is 36.2 Å². The van der Waals surface area contributed by atoms with E-state index >= 15 is 0 Å². The highest BCUT2D eigenvalue weighted by Gasteiger charge is 2.09. The maximum atomic E-state index is 5.09. The van der Waals surface area contributed by atoms with Crippen molar-refractivity contribution in [3.05, 3.63) is 11.6 Å². The Labute approximate surface area is 146 Å². The molecule has 1 aromatic rings. The molecule has 1 rings (SSSR count). The molecule has 0 bridgehead atoms. The first kappa shape index (κ1) is 18.9. The first-order valence-corrected chi connectivity index (χ1v) is 7.50. The number of nitrogens with zero attached hydrogens (tertiary/aromatic N) is 6. The molecule has 126 valence electrons. The molecule has 0 unspecified atom stereocenters. The zero-order valence-electron chi connectivity index (χ0n) is 14.0. The quantitative estimate of drug-likeness (QED) is 0.398. The topological polar surface area (TPSA) is 96.8 Å². The lowest BCUT2D eigenvalue weighted by Gasteiger charge is -2.12. The van der Waals surface area contributed by atoms with E-state index < -0.39 is 0 Å². The highest BCUT2D eigenvalue weighted by atomic mass is 32.1. The van der Waals surface area contributed by atoms with E-state index in [0.29, 0.717) is 33.3 Å². The van der Waals surface area contributed by atoms with Gasteiger partial charge in [-0.05, 0) is 38.3 Å². The van der Waals surface area contributed by atoms with Crippen molar-refractivity contribution >= 4 is 46.1 Å². The molecule has 1 aromatic heterocycles. The van der Waals surface area contributed by atoms with Gasteiger partial charge in [-0.25, -0.2) is 4.98 Å². The summed E-state index contributed by atoms with van der Waals surface area (Å²) >= 11 is 10.2. The summed E-state index contributed by atoms with van der Waals surface area (Å²) in [6, 6.07) is 0. The monoisotopic (exact) mass is 355 g/mol. The number of rotatable bonds is 4. The van der Waals surface area contributed by atoms with Gasteiger partial charge in [0.1, 0.15) is 11.4 Å². The standard InChI is InChI=1S/C12H21N9S2/c1-7(14-18-11(22)20(3)4)9-13-10(17-16-9)8(2)15-19-12(23)21(5)6/h1-6H3,(H,18,22)(H,19,23)(H,13,16,17)/b14-7+,15-8+. The fraction of sp³-hybridized carbons (Fsp3) is 0.500. The molecule has 9 nitrogen and oxygen atoms in total. The van der Waals surface area contributed by atoms with Gasteiger partial charge in [0.25, 0.3) is 0 Å². The van der Waals surface area contributed by atoms with Crippen LogP contribution in [0.15, 0.2) is 10.2 Å². The number of hydrogen-bond acceptors (Lipinski definition) is 6. The van der Waals surface area contributed by atoms with Crippen LogP contribution in [0.4, 0.5) is 0 Å². The van der Waals surface area contributed by atoms with Gasteiger partial charge < -0.3 is 9.80 Å². The molecule has 0 saturated carbocycles. The normalized spacial score (nSPS) is 11.9. The Morgan fingerprint density at radius 3 is 1.91 bits per heavy atom. The summed E-state index contributed by atoms with van der Waals surface area (Å²) in [7, 11) is 7.32. The molecule has 0 fully saturated rings. The molecule has 0 aromatic carbocycles. The largest absolute Gasteiger partial charge is 0.354 e. The van der Waals surface area contributed by atoms with Crippen LogP contribution in [-0.4, -0.2) is 74.8 Å². The summed E-state index contributed by atoms with van der Waals surface area (Å²) in [4.78, 5) is 7.82. The van der Waals surface area contributed by atoms with E-state index in [1.165, 1.54) is 0 Å². The van der Waals surface area contributed by atoms with E-state index in [1.54, 1.807) is 23.6 Å². The third kappa shape index (κ3) is 5.87. The van der Waals surface area contributed by atoms with Crippen LogP contribution >= 0.6 is 24.4 Å². The molecule has 11 heteroatoms. The van der Waals surface area contributed by atoms with Crippen molar-refractivity contribution in [1.29, 1.82) is 0 Å². The second-order valence-corrected chi connectivity index (χ2v) is 5.80. The number of hydrogen-bond donors (Lipinski definition) is 3. The summed E-state index contributed by atoms with van der Waals surface area (Å²) in [6.07, 6.45) is 0. The predicted octanol–water partition coefficient (Wildman–Crippen LogP) is 0.125. The third-order valence-corrected chi connectivity index (χ3v) is 3.52. The van der Waals surface area contributed by atoms with E-state index in [9.17, 15) is 0 Å². The van der Waals surface area contributed by atoms with Gasteiger partial charge >= 0.3 is 0 Å². The van der Waals surface area contributed by atoms with E-state index in [1.807, 2.05) is 28.2 Å². The molecule has 0 amide bonds. The first-order valence-electron chi connectivity index (χ1n) is 6.68. The lowest BCUT2D eigenvalue weighted by Crippen LogP contribution is -2.31. The summed E-state index contributed by atoms with van der Waals surface area (Å²) in [6.45, 7) is 3.57. The minimum atomic E-state index is 0.457. The summed E-state index contributed by atoms with van der Waals surface area (Å²) < 4.78 is 0. The molecule has 0 aliphatic heterocycles. The molecular weight excluding hydrogens is 334 g/mol. The first-order chi connectivity index (χ1) is 10.7. The van der Waals surface area contributed by atoms with Crippen LogP contribution < -0.4 is 10.9 Å². The maximum absolute atomic E-state index is 5.09. The van der Waals surface area contributed by atoms with Crippen LogP contribution in [0.2, 0.25) is 0 Å². The fourth-order valence-corrected chi connectivity index (χ4v) is 1.24. The number of thiocarbonyl (C=S) groups is 2. The Morgan fingerprint density at radius 2 is 1.43 bits per heavy atom. The molecular formula is C12H21N9S2. The van der Waals surface area contributed by atoms with Gasteiger partial charge in [-0.3, -0.25) is 16.0 Å². The van der Waals surface area contributed by atoms with Crippen molar-refractivity contribution in [2.75, 3.05) is 28.2 Å². The number of hydrazone groups is 2. The van der Waals surface area contributed by atoms with Gasteiger partial charge in [0, 0.05) is 28.2 Å². The molecule has 0 aliphatic rings. The molecule has 3 N–H and O–H groups in total. The zero-order valence-corrected chi connectivity index (χ0v) is 15.6. The minimum absolute atomic E-state index is 0.457. The Bertz CT molecular complexity index is 578. The number of H-pyrrole nitrogens is 1. The van der Waals surface area contributed by atoms with Crippen LogP contribution in [0.5, 0.6) is 0 Å². The smallest absolute Gasteiger partial charge is 0.197 e. The van der Waals surface area contributed by atoms with Crippen molar-refractivity contribution in [3.8, 4) is 0 Å². The molecule has 1 heterocycles. The third-order valence-electron chi connectivity index (χ3n) is 2.60. The van der Waals surface area contributed by atoms with Crippen molar-refractivity contribution in [2.45, 2.75) is 13.8 Å². The number of nitrogens with one attached hydrogen (secondary N) is 3. The molecule has 0 aliphatic carbocycles. The highest BCUT2D eigenvalue weighted by Crippen LogP contribution is 1.97. The lowest BCUT2D eigenvalue weighted by atomic mass is 10.4. The van der Waals surface area contributed by atoms with Crippen molar-refractivity contribution in [2.24, 2.45) is 10.2 Å². The SMILES string of the molecule is C/C(=N\NC(=S)N(C)C)c1n[nH]c(/C(C)=N/NC(=S)N(C)C)n1. The summed E-state index contributed by atoms with van der Waals surface area (Å²) in [5.41, 5.74) is 6.74. The molecule has 0 radical (unpaired) electrons. The zero-order chi connectivity index (χ0) is 17.6. The van der Waals surface area contributed by atoms with E-state index in [0.717, 1.165) is 0 Å². The van der Waals surface area contributed by atoms with Gasteiger partial charge in [0.2, 0.25) is 0 Å². The molecule has 23 heavy (non-hydrogen) atoms. The lowest BCUT2D eigenvalue weighted by molar-refractivity contribution is 0.606. The summed E-state index contributed by atoms with van der Waals surface area (Å²) in [5, 5.41) is 16.2. The molecule has 0 atom stereocenters. The summed E-state index contributed by atoms with van der Waals surface area (Å²) in [5.74, 6) is 0.984. The van der Waals surface area contributed by atoms with Crippen molar-refractivity contribution < 1.29 is 0 Å². The van der Waals surface area contributed by atoms with Gasteiger partial charge in [-0.2, -0.15) is 15.3 Å². The fourth-order valence-electron chi connectivity index (χ4n) is 1.15. The molecule has 0 spiro atoms. The minimum Gasteiger partial charge on any atom is -0.354 e. The Morgan fingerprint density at radius 1 is 0.957 bits per heavy atom. The number of aromatic amines is 1. The second-order valence-electron chi connectivity index (χ2n) is 5.02. The second kappa shape index (κ2) is 8.48. The number of aromatic nitrogens is 3. The Kier molecular flexibility index (Phi) is 6.97. The van der Waals surface area contributed by atoms with Gasteiger partial charge in [0.05, 0.1) is 0 Å². The van der Waals surface area contributed by atoms with Crippen LogP contribution in [-0.2, 0) is 0 Å². The van der Waals surface area contributed by atoms with Crippen LogP contribution in [0.25, 0.3) is 0 Å². The van der Waals surface area contributed by atoms with Gasteiger partial charge in [-0.1, -0.05) is 0 Å². The predicted molar refractivity (Wildman–Crippen MR) is 99.6 cm³/mol. The average Bonchev–Trinajstić information content (AvgIpc) is 2.99. The van der Waals surface area contributed by atoms with Gasteiger partial charge in [-0.15, -0.1) is 0 Å². The van der Waals surface area contributed by atoms with Crippen molar-refractivity contribution in [1.82, 2.24) is 35.8 Å². The molecule has 0 saturated heterocycles. The van der Waals surface area contributed by atoms with Gasteiger partial charge in [0.15, 0.2) is 21.9 Å². The average molecular weight is 355 g/mol. The maximum Gasteiger partial charge on any atom is 0.197 e. The van der Waals surface area contributed by atoms with E-state index in [4.69, 9.17) is 24.4 Å². The van der Waals surface area contributed by atoms with Crippen molar-refractivity contribution in [3.63, 3.8) is 0 Å². The van der Waals surface area contributed by atoms with Crippen LogP contribution in [0.1, 0.15) is 25.5 Å². The Hall–Kier alpha value is -2.14. The van der Waals surface area contributed by atoms with E-state index in [-0.39, 0.29) is 0 Å². The van der Waals surface area contributed by atoms with Crippen LogP contribution in [0.3, 0.4) is 0 Å². The van der Waals surface area contributed by atoms with Crippen LogP contribution in [0, 0.1) is 0 Å².